The first-order valence-electron chi connectivity index (χ1n) is 6.34. The van der Waals surface area contributed by atoms with Crippen molar-refractivity contribution in [2.45, 2.75) is 40.2 Å². The smallest absolute Gasteiger partial charge is 0.224 e. The van der Waals surface area contributed by atoms with Crippen molar-refractivity contribution in [2.24, 2.45) is 0 Å². The Morgan fingerprint density at radius 3 is 2.84 bits per heavy atom. The van der Waals surface area contributed by atoms with Crippen LogP contribution in [0, 0.1) is 13.8 Å². The molecule has 0 aliphatic heterocycles. The monoisotopic (exact) mass is 262 g/mol. The fourth-order valence-electron chi connectivity index (χ4n) is 1.92. The number of aromatic nitrogens is 3. The summed E-state index contributed by atoms with van der Waals surface area (Å²) in [6.07, 6.45) is 4.50. The second kappa shape index (κ2) is 5.69. The third-order valence-corrected chi connectivity index (χ3v) is 3.02. The van der Waals surface area contributed by atoms with Gasteiger partial charge in [-0.15, -0.1) is 0 Å². The molecule has 102 valence electrons. The number of amides is 1. The highest BCUT2D eigenvalue weighted by Crippen LogP contribution is 2.15. The number of hydrogen-bond acceptors (Lipinski definition) is 4. The maximum Gasteiger partial charge on any atom is 0.224 e. The van der Waals surface area contributed by atoms with E-state index in [4.69, 9.17) is 4.52 Å². The molecule has 0 atom stereocenters. The molecule has 0 aromatic carbocycles. The van der Waals surface area contributed by atoms with E-state index in [0.29, 0.717) is 12.8 Å². The maximum atomic E-state index is 11.8. The molecule has 0 saturated heterocycles. The van der Waals surface area contributed by atoms with Gasteiger partial charge in [0.25, 0.3) is 0 Å². The third kappa shape index (κ3) is 3.21. The van der Waals surface area contributed by atoms with Gasteiger partial charge in [0, 0.05) is 24.7 Å². The molecule has 0 bridgehead atoms. The summed E-state index contributed by atoms with van der Waals surface area (Å²) >= 11 is 0. The van der Waals surface area contributed by atoms with Crippen LogP contribution in [-0.2, 0) is 17.8 Å². The minimum Gasteiger partial charge on any atom is -0.361 e. The van der Waals surface area contributed by atoms with E-state index in [-0.39, 0.29) is 5.91 Å². The van der Waals surface area contributed by atoms with E-state index < -0.39 is 0 Å². The molecule has 0 spiro atoms. The Morgan fingerprint density at radius 2 is 2.26 bits per heavy atom. The zero-order valence-corrected chi connectivity index (χ0v) is 11.4. The zero-order valence-electron chi connectivity index (χ0n) is 11.4. The largest absolute Gasteiger partial charge is 0.361 e. The van der Waals surface area contributed by atoms with Crippen molar-refractivity contribution >= 4 is 11.6 Å². The van der Waals surface area contributed by atoms with Crippen LogP contribution in [0.2, 0.25) is 0 Å². The van der Waals surface area contributed by atoms with Gasteiger partial charge in [0.1, 0.15) is 5.76 Å². The van der Waals surface area contributed by atoms with Gasteiger partial charge in [-0.1, -0.05) is 5.16 Å². The van der Waals surface area contributed by atoms with Crippen molar-refractivity contribution < 1.29 is 9.32 Å². The molecule has 0 unspecified atom stereocenters. The van der Waals surface area contributed by atoms with E-state index in [1.54, 1.807) is 10.9 Å². The van der Waals surface area contributed by atoms with Crippen molar-refractivity contribution in [3.63, 3.8) is 0 Å². The summed E-state index contributed by atoms with van der Waals surface area (Å²) in [7, 11) is 0. The van der Waals surface area contributed by atoms with E-state index in [1.165, 1.54) is 0 Å². The summed E-state index contributed by atoms with van der Waals surface area (Å²) in [5, 5.41) is 10.8. The van der Waals surface area contributed by atoms with Crippen molar-refractivity contribution in [2.75, 3.05) is 5.32 Å². The number of rotatable bonds is 5. The molecule has 0 radical (unpaired) electrons. The average molecular weight is 262 g/mol. The molecule has 19 heavy (non-hydrogen) atoms. The van der Waals surface area contributed by atoms with Crippen LogP contribution >= 0.6 is 0 Å². The second-order valence-corrected chi connectivity index (χ2v) is 4.44. The van der Waals surface area contributed by atoms with Crippen LogP contribution in [0.3, 0.4) is 0 Å². The number of nitrogens with one attached hydrogen (secondary N) is 1. The van der Waals surface area contributed by atoms with Crippen LogP contribution in [0.1, 0.15) is 30.4 Å². The molecule has 0 fully saturated rings. The van der Waals surface area contributed by atoms with Crippen molar-refractivity contribution in [1.82, 2.24) is 14.9 Å². The van der Waals surface area contributed by atoms with E-state index in [0.717, 1.165) is 29.2 Å². The van der Waals surface area contributed by atoms with Crippen LogP contribution in [0.25, 0.3) is 0 Å². The molecule has 1 N–H and O–H groups in total. The fourth-order valence-corrected chi connectivity index (χ4v) is 1.92. The lowest BCUT2D eigenvalue weighted by molar-refractivity contribution is -0.116. The molecule has 0 saturated carbocycles. The Labute approximate surface area is 111 Å². The SMILES string of the molecule is CCn1cc(NC(=O)CCc2c(C)noc2C)cn1. The topological polar surface area (TPSA) is 73.0 Å². The lowest BCUT2D eigenvalue weighted by atomic mass is 10.1. The molecule has 2 aromatic heterocycles. The first kappa shape index (κ1) is 13.3. The highest BCUT2D eigenvalue weighted by atomic mass is 16.5. The zero-order chi connectivity index (χ0) is 13.8. The second-order valence-electron chi connectivity index (χ2n) is 4.44. The van der Waals surface area contributed by atoms with E-state index in [2.05, 4.69) is 15.6 Å². The highest BCUT2D eigenvalue weighted by molar-refractivity contribution is 5.90. The number of carbonyl (C=O) groups is 1. The summed E-state index contributed by atoms with van der Waals surface area (Å²) < 4.78 is 6.84. The van der Waals surface area contributed by atoms with Gasteiger partial charge in [-0.05, 0) is 27.2 Å². The van der Waals surface area contributed by atoms with Crippen molar-refractivity contribution in [3.05, 3.63) is 29.4 Å². The van der Waals surface area contributed by atoms with Gasteiger partial charge < -0.3 is 9.84 Å². The Kier molecular flexibility index (Phi) is 3.99. The van der Waals surface area contributed by atoms with Gasteiger partial charge in [-0.25, -0.2) is 0 Å². The third-order valence-electron chi connectivity index (χ3n) is 3.02. The molecule has 6 heteroatoms. The first-order valence-corrected chi connectivity index (χ1v) is 6.34. The summed E-state index contributed by atoms with van der Waals surface area (Å²) in [5.41, 5.74) is 2.59. The van der Waals surface area contributed by atoms with E-state index >= 15 is 0 Å². The highest BCUT2D eigenvalue weighted by Gasteiger charge is 2.11. The van der Waals surface area contributed by atoms with Crippen molar-refractivity contribution in [1.29, 1.82) is 0 Å². The van der Waals surface area contributed by atoms with Gasteiger partial charge >= 0.3 is 0 Å². The van der Waals surface area contributed by atoms with Crippen LogP contribution in [0.4, 0.5) is 5.69 Å². The molecule has 2 heterocycles. The van der Waals surface area contributed by atoms with Gasteiger partial charge in [-0.3, -0.25) is 9.48 Å². The standard InChI is InChI=1S/C13H18N4O2/c1-4-17-8-11(7-14-17)15-13(18)6-5-12-9(2)16-19-10(12)3/h7-8H,4-6H2,1-3H3,(H,15,18). The first-order chi connectivity index (χ1) is 9.10. The van der Waals surface area contributed by atoms with Gasteiger partial charge in [0.15, 0.2) is 0 Å². The molecule has 0 aliphatic rings. The summed E-state index contributed by atoms with van der Waals surface area (Å²) in [6, 6.07) is 0. The fraction of sp³-hybridized carbons (Fsp3) is 0.462. The van der Waals surface area contributed by atoms with Crippen LogP contribution in [-0.4, -0.2) is 20.8 Å². The number of nitrogens with zero attached hydrogens (tertiary/aromatic N) is 3. The maximum absolute atomic E-state index is 11.8. The Balaban J connectivity index is 1.88. The number of anilines is 1. The summed E-state index contributed by atoms with van der Waals surface area (Å²) in [5.74, 6) is 0.750. The molecule has 6 nitrogen and oxygen atoms in total. The van der Waals surface area contributed by atoms with Crippen LogP contribution in [0.5, 0.6) is 0 Å². The molecule has 0 aliphatic carbocycles. The van der Waals surface area contributed by atoms with Gasteiger partial charge in [0.05, 0.1) is 17.6 Å². The summed E-state index contributed by atoms with van der Waals surface area (Å²) in [6.45, 7) is 6.53. The predicted molar refractivity (Wildman–Crippen MR) is 70.8 cm³/mol. The number of aryl methyl sites for hydroxylation is 3. The molecular formula is C13H18N4O2. The Morgan fingerprint density at radius 1 is 1.47 bits per heavy atom. The summed E-state index contributed by atoms with van der Waals surface area (Å²) in [4.78, 5) is 11.8. The average Bonchev–Trinajstić information content (AvgIpc) is 2.95. The van der Waals surface area contributed by atoms with Crippen LogP contribution < -0.4 is 5.32 Å². The number of hydrogen-bond donors (Lipinski definition) is 1. The molecule has 1 amide bonds. The minimum atomic E-state index is -0.0318. The van der Waals surface area contributed by atoms with Gasteiger partial charge in [0.2, 0.25) is 5.91 Å². The van der Waals surface area contributed by atoms with E-state index in [9.17, 15) is 4.79 Å². The quantitative estimate of drug-likeness (QED) is 0.895. The van der Waals surface area contributed by atoms with Crippen LogP contribution in [0.15, 0.2) is 16.9 Å². The lowest BCUT2D eigenvalue weighted by Crippen LogP contribution is -2.12. The normalized spacial score (nSPS) is 10.7. The Bertz CT molecular complexity index is 551. The van der Waals surface area contributed by atoms with E-state index in [1.807, 2.05) is 27.0 Å². The lowest BCUT2D eigenvalue weighted by Gasteiger charge is -2.02. The molecule has 2 aromatic rings. The molecular weight excluding hydrogens is 244 g/mol. The Hall–Kier alpha value is -2.11. The number of carbonyl (C=O) groups excluding carboxylic acids is 1. The minimum absolute atomic E-state index is 0.0318. The van der Waals surface area contributed by atoms with Gasteiger partial charge in [-0.2, -0.15) is 5.10 Å². The van der Waals surface area contributed by atoms with Crippen molar-refractivity contribution in [3.8, 4) is 0 Å². The predicted octanol–water partition coefficient (Wildman–Crippen LogP) is 2.08. The molecule has 2 rings (SSSR count).